The number of carbonyl (C=O) groups is 1. The van der Waals surface area contributed by atoms with Gasteiger partial charge in [0.1, 0.15) is 17.8 Å². The second kappa shape index (κ2) is 14.3. The molecular formula is C38H30N3O4P. The van der Waals surface area contributed by atoms with Gasteiger partial charge in [-0.05, 0) is 84.4 Å². The molecule has 0 radical (unpaired) electrons. The molecule has 7 rings (SSSR count). The normalized spacial score (nSPS) is 11.6. The molecule has 0 saturated heterocycles. The summed E-state index contributed by atoms with van der Waals surface area (Å²) in [6, 6.07) is 46.7. The summed E-state index contributed by atoms with van der Waals surface area (Å²) in [5, 5.41) is 5.35. The highest BCUT2D eigenvalue weighted by Crippen LogP contribution is 2.60. The third-order valence-electron chi connectivity index (χ3n) is 7.05. The second-order valence-corrected chi connectivity index (χ2v) is 12.3. The van der Waals surface area contributed by atoms with Gasteiger partial charge in [-0.1, -0.05) is 72.8 Å². The van der Waals surface area contributed by atoms with E-state index >= 15 is 0 Å². The first kappa shape index (κ1) is 30.3. The minimum absolute atomic E-state index is 0.462. The van der Waals surface area contributed by atoms with Crippen molar-refractivity contribution in [1.29, 1.82) is 0 Å². The van der Waals surface area contributed by atoms with Crippen LogP contribution in [0.15, 0.2) is 164 Å². The van der Waals surface area contributed by atoms with E-state index in [1.807, 2.05) is 121 Å². The Morgan fingerprint density at radius 3 is 1.67 bits per heavy atom. The second-order valence-electron chi connectivity index (χ2n) is 10.3. The van der Waals surface area contributed by atoms with E-state index in [1.165, 1.54) is 0 Å². The Bertz CT molecular complexity index is 2050. The number of para-hydroxylation sites is 3. The fourth-order valence-corrected chi connectivity index (χ4v) is 6.76. The molecule has 1 unspecified atom stereocenters. The highest BCUT2D eigenvalue weighted by Gasteiger charge is 2.41. The molecule has 7 nitrogen and oxygen atoms in total. The van der Waals surface area contributed by atoms with Crippen LogP contribution in [-0.4, -0.2) is 16.3 Å². The molecule has 0 amide bonds. The van der Waals surface area contributed by atoms with Crippen LogP contribution in [0, 0.1) is 0 Å². The molecule has 8 heteroatoms. The number of pyridine rings is 2. The molecule has 0 spiro atoms. The van der Waals surface area contributed by atoms with Crippen molar-refractivity contribution >= 4 is 41.4 Å². The fourth-order valence-electron chi connectivity index (χ4n) is 4.85. The van der Waals surface area contributed by atoms with Crippen LogP contribution in [-0.2, 0) is 4.57 Å². The van der Waals surface area contributed by atoms with Gasteiger partial charge in [0.25, 0.3) is 0 Å². The lowest BCUT2D eigenvalue weighted by Crippen LogP contribution is -2.18. The molecule has 0 saturated carbocycles. The van der Waals surface area contributed by atoms with Gasteiger partial charge in [0.05, 0.1) is 11.0 Å². The van der Waals surface area contributed by atoms with E-state index in [0.29, 0.717) is 17.1 Å². The van der Waals surface area contributed by atoms with Gasteiger partial charge in [0.15, 0.2) is 5.78 Å². The summed E-state index contributed by atoms with van der Waals surface area (Å²) >= 11 is 0. The van der Waals surface area contributed by atoms with Crippen molar-refractivity contribution in [3.8, 4) is 11.5 Å². The minimum Gasteiger partial charge on any atom is -0.414 e. The smallest absolute Gasteiger partial charge is 0.414 e. The molecule has 5 aromatic carbocycles. The van der Waals surface area contributed by atoms with Crippen LogP contribution in [0.5, 0.6) is 11.5 Å². The Morgan fingerprint density at radius 2 is 1.11 bits per heavy atom. The Kier molecular flexibility index (Phi) is 9.43. The first-order valence-corrected chi connectivity index (χ1v) is 16.3. The molecular weight excluding hydrogens is 593 g/mol. The number of fused-ring (bicyclic) bond motifs is 2. The number of nitrogens with one attached hydrogen (secondary N) is 1. The van der Waals surface area contributed by atoms with E-state index in [9.17, 15) is 9.36 Å². The SMILES string of the molecule is O=Cc1ccc2ncccc2c1.O=P(Oc1ccccc1)(Oc1ccccc1)C(Nc1ccccc1)c1ccc2ncccc2c1. The number of carbonyl (C=O) groups excluding carboxylic acids is 1. The summed E-state index contributed by atoms with van der Waals surface area (Å²) in [5.41, 5.74) is 4.03. The zero-order chi connectivity index (χ0) is 31.6. The van der Waals surface area contributed by atoms with Gasteiger partial charge in [-0.15, -0.1) is 0 Å². The topological polar surface area (TPSA) is 90.4 Å². The summed E-state index contributed by atoms with van der Waals surface area (Å²) < 4.78 is 27.0. The molecule has 0 aliphatic heterocycles. The average Bonchev–Trinajstić information content (AvgIpc) is 3.11. The van der Waals surface area contributed by atoms with Crippen molar-refractivity contribution < 1.29 is 18.4 Å². The molecule has 7 aromatic rings. The molecule has 2 aromatic heterocycles. The number of anilines is 1. The van der Waals surface area contributed by atoms with E-state index < -0.39 is 13.4 Å². The number of rotatable bonds is 9. The Morgan fingerprint density at radius 1 is 0.587 bits per heavy atom. The van der Waals surface area contributed by atoms with Crippen LogP contribution in [0.4, 0.5) is 5.69 Å². The first-order valence-electron chi connectivity index (χ1n) is 14.6. The lowest BCUT2D eigenvalue weighted by atomic mass is 10.1. The van der Waals surface area contributed by atoms with Gasteiger partial charge >= 0.3 is 7.60 Å². The van der Waals surface area contributed by atoms with Crippen molar-refractivity contribution in [2.45, 2.75) is 5.78 Å². The largest absolute Gasteiger partial charge is 0.457 e. The molecule has 46 heavy (non-hydrogen) atoms. The molecule has 0 aliphatic carbocycles. The maximum Gasteiger partial charge on any atom is 0.457 e. The van der Waals surface area contributed by atoms with E-state index in [2.05, 4.69) is 15.3 Å². The highest BCUT2D eigenvalue weighted by molar-refractivity contribution is 7.55. The predicted octanol–water partition coefficient (Wildman–Crippen LogP) is 9.74. The van der Waals surface area contributed by atoms with E-state index in [-0.39, 0.29) is 0 Å². The summed E-state index contributed by atoms with van der Waals surface area (Å²) in [5.74, 6) is 0.132. The number of aldehydes is 1. The molecule has 2 heterocycles. The number of hydrogen-bond donors (Lipinski definition) is 1. The standard InChI is InChI=1S/C28H23N2O3P.C10H7NO/c31-34(32-25-14-6-2-7-15-25,33-26-16-8-3-9-17-26)28(30-24-12-4-1-5-13-24)23-18-19-27-22(21-23)11-10-20-29-27;12-7-8-3-4-10-9(6-8)2-1-5-11-10/h1-21,28,30H;1-7H. The number of benzene rings is 5. The summed E-state index contributed by atoms with van der Waals surface area (Å²) in [6.45, 7) is 0. The third kappa shape index (κ3) is 7.46. The van der Waals surface area contributed by atoms with Crippen molar-refractivity contribution in [3.63, 3.8) is 0 Å². The molecule has 1 N–H and O–H groups in total. The van der Waals surface area contributed by atoms with Crippen molar-refractivity contribution in [2.75, 3.05) is 5.32 Å². The molecule has 226 valence electrons. The van der Waals surface area contributed by atoms with Crippen LogP contribution in [0.25, 0.3) is 21.8 Å². The maximum absolute atomic E-state index is 14.7. The van der Waals surface area contributed by atoms with Gasteiger partial charge in [0, 0.05) is 34.4 Å². The van der Waals surface area contributed by atoms with E-state index in [4.69, 9.17) is 9.05 Å². The monoisotopic (exact) mass is 623 g/mol. The quantitative estimate of drug-likeness (QED) is 0.126. The Hall–Kier alpha value is -5.78. The predicted molar refractivity (Wildman–Crippen MR) is 183 cm³/mol. The van der Waals surface area contributed by atoms with Crippen LogP contribution in [0.3, 0.4) is 0 Å². The zero-order valence-corrected chi connectivity index (χ0v) is 25.6. The molecule has 0 fully saturated rings. The summed E-state index contributed by atoms with van der Waals surface area (Å²) in [4.78, 5) is 19.0. The highest BCUT2D eigenvalue weighted by atomic mass is 31.2. The van der Waals surface area contributed by atoms with Gasteiger partial charge in [-0.2, -0.15) is 0 Å². The maximum atomic E-state index is 14.7. The van der Waals surface area contributed by atoms with Gasteiger partial charge in [0.2, 0.25) is 0 Å². The third-order valence-corrected chi connectivity index (χ3v) is 9.04. The van der Waals surface area contributed by atoms with Crippen molar-refractivity contribution in [2.24, 2.45) is 0 Å². The number of aromatic nitrogens is 2. The van der Waals surface area contributed by atoms with Crippen LogP contribution < -0.4 is 14.4 Å². The van der Waals surface area contributed by atoms with E-state index in [1.54, 1.807) is 42.7 Å². The van der Waals surface area contributed by atoms with Gasteiger partial charge in [-0.25, -0.2) is 4.57 Å². The number of hydrogen-bond acceptors (Lipinski definition) is 7. The van der Waals surface area contributed by atoms with E-state index in [0.717, 1.165) is 39.3 Å². The first-order chi connectivity index (χ1) is 22.6. The molecule has 0 bridgehead atoms. The minimum atomic E-state index is -3.87. The van der Waals surface area contributed by atoms with Crippen LogP contribution in [0.2, 0.25) is 0 Å². The lowest BCUT2D eigenvalue weighted by molar-refractivity contribution is 0.112. The summed E-state index contributed by atoms with van der Waals surface area (Å²) in [7, 11) is -3.87. The van der Waals surface area contributed by atoms with Crippen molar-refractivity contribution in [1.82, 2.24) is 9.97 Å². The Labute approximate surface area is 267 Å². The summed E-state index contributed by atoms with van der Waals surface area (Å²) in [6.07, 6.45) is 4.33. The molecule has 1 atom stereocenters. The van der Waals surface area contributed by atoms with Gasteiger partial charge in [-0.3, -0.25) is 14.8 Å². The number of nitrogens with zero attached hydrogens (tertiary/aromatic N) is 2. The van der Waals surface area contributed by atoms with Gasteiger partial charge < -0.3 is 14.4 Å². The fraction of sp³-hybridized carbons (Fsp3) is 0.0263. The van der Waals surface area contributed by atoms with Crippen LogP contribution >= 0.6 is 7.60 Å². The Balaban J connectivity index is 0.000000259. The lowest BCUT2D eigenvalue weighted by Gasteiger charge is -2.29. The zero-order valence-electron chi connectivity index (χ0n) is 24.7. The average molecular weight is 624 g/mol. The van der Waals surface area contributed by atoms with Crippen LogP contribution in [0.1, 0.15) is 21.7 Å². The van der Waals surface area contributed by atoms with Crippen molar-refractivity contribution in [3.05, 3.63) is 175 Å². The molecule has 0 aliphatic rings.